The number of nitrogens with two attached hydrogens (primary N) is 1. The van der Waals surface area contributed by atoms with Gasteiger partial charge in [-0.15, -0.1) is 0 Å². The first-order chi connectivity index (χ1) is 13.2. The van der Waals surface area contributed by atoms with Crippen LogP contribution in [0.2, 0.25) is 0 Å². The van der Waals surface area contributed by atoms with Crippen molar-refractivity contribution in [2.75, 3.05) is 26.2 Å². The van der Waals surface area contributed by atoms with Crippen LogP contribution in [0, 0.1) is 0 Å². The number of alkyl halides is 3. The highest BCUT2D eigenvalue weighted by Crippen LogP contribution is 2.29. The molecule has 1 aliphatic rings. The van der Waals surface area contributed by atoms with Crippen LogP contribution in [-0.2, 0) is 12.7 Å². The molecule has 0 saturated carbocycles. The molecule has 2 aromatic rings. The smallest absolute Gasteiger partial charge is 0.366 e. The molecule has 8 heteroatoms. The molecule has 0 unspecified atom stereocenters. The van der Waals surface area contributed by atoms with E-state index in [1.54, 1.807) is 23.1 Å². The van der Waals surface area contributed by atoms with Crippen LogP contribution in [0.15, 0.2) is 48.5 Å². The van der Waals surface area contributed by atoms with Crippen LogP contribution >= 0.6 is 0 Å². The molecular weight excluding hydrogens is 371 g/mol. The monoisotopic (exact) mass is 391 g/mol. The van der Waals surface area contributed by atoms with Crippen LogP contribution in [0.3, 0.4) is 0 Å². The number of primary amides is 1. The third kappa shape index (κ3) is 4.69. The molecule has 0 spiro atoms. The molecule has 2 aromatic carbocycles. The van der Waals surface area contributed by atoms with Gasteiger partial charge in [0, 0.05) is 43.9 Å². The summed E-state index contributed by atoms with van der Waals surface area (Å²) < 4.78 is 38.5. The average Bonchev–Trinajstić information content (AvgIpc) is 2.68. The van der Waals surface area contributed by atoms with Crippen molar-refractivity contribution in [2.24, 2.45) is 5.73 Å². The van der Waals surface area contributed by atoms with E-state index in [-0.39, 0.29) is 5.56 Å². The van der Waals surface area contributed by atoms with E-state index >= 15 is 0 Å². The maximum absolute atomic E-state index is 12.8. The highest BCUT2D eigenvalue weighted by atomic mass is 19.4. The normalized spacial score (nSPS) is 15.5. The Morgan fingerprint density at radius 3 is 2.21 bits per heavy atom. The second-order valence-electron chi connectivity index (χ2n) is 6.71. The van der Waals surface area contributed by atoms with E-state index in [0.29, 0.717) is 38.3 Å². The summed E-state index contributed by atoms with van der Waals surface area (Å²) in [4.78, 5) is 27.5. The van der Waals surface area contributed by atoms with Crippen molar-refractivity contribution in [2.45, 2.75) is 12.7 Å². The van der Waals surface area contributed by atoms with Crippen LogP contribution in [0.5, 0.6) is 0 Å². The number of halogens is 3. The van der Waals surface area contributed by atoms with Crippen LogP contribution in [-0.4, -0.2) is 47.8 Å². The summed E-state index contributed by atoms with van der Waals surface area (Å²) in [6.45, 7) is 2.62. The predicted octanol–water partition coefficient (Wildman–Crippen LogP) is 2.76. The number of amides is 2. The van der Waals surface area contributed by atoms with Crippen molar-refractivity contribution in [1.29, 1.82) is 0 Å². The molecule has 0 aromatic heterocycles. The van der Waals surface area contributed by atoms with Gasteiger partial charge in [0.25, 0.3) is 5.91 Å². The van der Waals surface area contributed by atoms with E-state index in [2.05, 4.69) is 4.90 Å². The standard InChI is InChI=1S/C20H20F3N3O2/c21-20(22,23)17-6-2-5-16(12-17)19(28)26-9-7-25(8-10-26)13-14-3-1-4-15(11-14)18(24)27/h1-6,11-12H,7-10,13H2,(H2,24,27). The average molecular weight is 391 g/mol. The molecule has 1 fully saturated rings. The number of nitrogens with zero attached hydrogens (tertiary/aromatic N) is 2. The lowest BCUT2D eigenvalue weighted by Gasteiger charge is -2.35. The van der Waals surface area contributed by atoms with Crippen LogP contribution < -0.4 is 5.73 Å². The largest absolute Gasteiger partial charge is 0.416 e. The number of carbonyl (C=O) groups is 2. The molecule has 1 heterocycles. The molecule has 2 N–H and O–H groups in total. The Morgan fingerprint density at radius 1 is 0.929 bits per heavy atom. The first kappa shape index (κ1) is 19.9. The second-order valence-corrected chi connectivity index (χ2v) is 6.71. The minimum absolute atomic E-state index is 0.0393. The van der Waals surface area contributed by atoms with Gasteiger partial charge in [-0.1, -0.05) is 18.2 Å². The maximum atomic E-state index is 12.8. The lowest BCUT2D eigenvalue weighted by molar-refractivity contribution is -0.137. The van der Waals surface area contributed by atoms with E-state index < -0.39 is 23.6 Å². The molecule has 28 heavy (non-hydrogen) atoms. The minimum atomic E-state index is -4.48. The summed E-state index contributed by atoms with van der Waals surface area (Å²) >= 11 is 0. The third-order valence-electron chi connectivity index (χ3n) is 4.71. The van der Waals surface area contributed by atoms with Crippen molar-refractivity contribution in [1.82, 2.24) is 9.80 Å². The minimum Gasteiger partial charge on any atom is -0.366 e. The Hall–Kier alpha value is -2.87. The van der Waals surface area contributed by atoms with Crippen molar-refractivity contribution in [3.05, 3.63) is 70.8 Å². The number of hydrogen-bond donors (Lipinski definition) is 1. The topological polar surface area (TPSA) is 66.6 Å². The van der Waals surface area contributed by atoms with E-state index in [0.717, 1.165) is 17.7 Å². The predicted molar refractivity (Wildman–Crippen MR) is 97.6 cm³/mol. The van der Waals surface area contributed by atoms with Gasteiger partial charge in [0.15, 0.2) is 0 Å². The lowest BCUT2D eigenvalue weighted by Crippen LogP contribution is -2.48. The van der Waals surface area contributed by atoms with E-state index in [4.69, 9.17) is 5.73 Å². The quantitative estimate of drug-likeness (QED) is 0.872. The molecule has 5 nitrogen and oxygen atoms in total. The van der Waals surface area contributed by atoms with E-state index in [1.807, 2.05) is 6.07 Å². The van der Waals surface area contributed by atoms with Gasteiger partial charge >= 0.3 is 6.18 Å². The fourth-order valence-corrected chi connectivity index (χ4v) is 3.20. The van der Waals surface area contributed by atoms with Crippen molar-refractivity contribution in [3.63, 3.8) is 0 Å². The number of piperazine rings is 1. The zero-order valence-electron chi connectivity index (χ0n) is 15.1. The van der Waals surface area contributed by atoms with E-state index in [9.17, 15) is 22.8 Å². The summed E-state index contributed by atoms with van der Waals surface area (Å²) in [6, 6.07) is 11.5. The number of rotatable bonds is 4. The Kier molecular flexibility index (Phi) is 5.69. The Morgan fingerprint density at radius 2 is 1.57 bits per heavy atom. The highest BCUT2D eigenvalue weighted by molar-refractivity contribution is 5.94. The first-order valence-electron chi connectivity index (χ1n) is 8.81. The molecule has 0 aliphatic carbocycles. The van der Waals surface area contributed by atoms with Gasteiger partial charge in [0.05, 0.1) is 5.56 Å². The fraction of sp³-hybridized carbons (Fsp3) is 0.300. The molecule has 0 radical (unpaired) electrons. The van der Waals surface area contributed by atoms with Gasteiger partial charge in [0.1, 0.15) is 0 Å². The summed E-state index contributed by atoms with van der Waals surface area (Å²) in [6.07, 6.45) is -4.48. The second kappa shape index (κ2) is 8.02. The van der Waals surface area contributed by atoms with Gasteiger partial charge in [-0.3, -0.25) is 14.5 Å². The van der Waals surface area contributed by atoms with Gasteiger partial charge in [0.2, 0.25) is 5.91 Å². The maximum Gasteiger partial charge on any atom is 0.416 e. The highest BCUT2D eigenvalue weighted by Gasteiger charge is 2.31. The molecule has 3 rings (SSSR count). The Bertz CT molecular complexity index is 875. The van der Waals surface area contributed by atoms with Gasteiger partial charge in [-0.25, -0.2) is 0 Å². The zero-order chi connectivity index (χ0) is 20.3. The SMILES string of the molecule is NC(=O)c1cccc(CN2CCN(C(=O)c3cccc(C(F)(F)F)c3)CC2)c1. The molecule has 0 bridgehead atoms. The van der Waals surface area contributed by atoms with Crippen molar-refractivity contribution < 1.29 is 22.8 Å². The number of benzene rings is 2. The van der Waals surface area contributed by atoms with Gasteiger partial charge in [-0.2, -0.15) is 13.2 Å². The van der Waals surface area contributed by atoms with Crippen LogP contribution in [0.1, 0.15) is 31.8 Å². The summed E-state index contributed by atoms with van der Waals surface area (Å²) in [5, 5.41) is 0. The lowest BCUT2D eigenvalue weighted by atomic mass is 10.1. The Balaban J connectivity index is 1.60. The molecule has 1 saturated heterocycles. The van der Waals surface area contributed by atoms with Crippen LogP contribution in [0.25, 0.3) is 0 Å². The fourth-order valence-electron chi connectivity index (χ4n) is 3.20. The summed E-state index contributed by atoms with van der Waals surface area (Å²) in [7, 11) is 0. The number of hydrogen-bond acceptors (Lipinski definition) is 3. The van der Waals surface area contributed by atoms with E-state index in [1.165, 1.54) is 12.1 Å². The summed E-state index contributed by atoms with van der Waals surface area (Å²) in [5.41, 5.74) is 5.88. The first-order valence-corrected chi connectivity index (χ1v) is 8.81. The number of carbonyl (C=O) groups excluding carboxylic acids is 2. The van der Waals surface area contributed by atoms with Crippen molar-refractivity contribution >= 4 is 11.8 Å². The molecule has 148 valence electrons. The van der Waals surface area contributed by atoms with Crippen LogP contribution in [0.4, 0.5) is 13.2 Å². The zero-order valence-corrected chi connectivity index (χ0v) is 15.1. The molecule has 1 aliphatic heterocycles. The van der Waals surface area contributed by atoms with Crippen molar-refractivity contribution in [3.8, 4) is 0 Å². The molecular formula is C20H20F3N3O2. The van der Waals surface area contributed by atoms with Gasteiger partial charge in [-0.05, 0) is 35.9 Å². The summed E-state index contributed by atoms with van der Waals surface area (Å²) in [5.74, 6) is -0.889. The molecule has 0 atom stereocenters. The molecule has 2 amide bonds. The third-order valence-corrected chi connectivity index (χ3v) is 4.71. The van der Waals surface area contributed by atoms with Gasteiger partial charge < -0.3 is 10.6 Å². The Labute approximate surface area is 160 Å².